The lowest BCUT2D eigenvalue weighted by atomic mass is 9.97. The van der Waals surface area contributed by atoms with E-state index in [0.717, 1.165) is 17.5 Å². The summed E-state index contributed by atoms with van der Waals surface area (Å²) in [4.78, 5) is 24.8. The number of carbonyl (C=O) groups is 2. The molecule has 1 aliphatic rings. The highest BCUT2D eigenvalue weighted by Crippen LogP contribution is 2.20. The molecule has 5 heteroatoms. The molecule has 0 radical (unpaired) electrons. The molecule has 1 atom stereocenters. The summed E-state index contributed by atoms with van der Waals surface area (Å²) in [5.74, 6) is 1.56. The summed E-state index contributed by atoms with van der Waals surface area (Å²) >= 11 is 0. The molecule has 0 fully saturated rings. The van der Waals surface area contributed by atoms with Crippen LogP contribution in [0.1, 0.15) is 34.8 Å². The first kappa shape index (κ1) is 14.9. The van der Waals surface area contributed by atoms with Crippen molar-refractivity contribution in [2.45, 2.75) is 32.4 Å². The lowest BCUT2D eigenvalue weighted by molar-refractivity contribution is 0.0696. The van der Waals surface area contributed by atoms with Gasteiger partial charge in [-0.15, -0.1) is 12.3 Å². The molecule has 1 heterocycles. The van der Waals surface area contributed by atoms with Gasteiger partial charge in [-0.2, -0.15) is 0 Å². The number of urea groups is 1. The minimum atomic E-state index is -0.956. The van der Waals surface area contributed by atoms with Crippen molar-refractivity contribution in [3.8, 4) is 12.3 Å². The molecule has 0 saturated carbocycles. The van der Waals surface area contributed by atoms with Gasteiger partial charge in [0.05, 0.1) is 5.56 Å². The first-order chi connectivity index (χ1) is 10.0. The maximum atomic E-state index is 12.1. The van der Waals surface area contributed by atoms with Crippen LogP contribution in [-0.2, 0) is 13.0 Å². The normalized spacial score (nSPS) is 14.8. The van der Waals surface area contributed by atoms with E-state index >= 15 is 0 Å². The van der Waals surface area contributed by atoms with Gasteiger partial charge in [0.1, 0.15) is 0 Å². The number of hydrogen-bond acceptors (Lipinski definition) is 2. The third-order valence-corrected chi connectivity index (χ3v) is 3.55. The quantitative estimate of drug-likeness (QED) is 0.833. The Morgan fingerprint density at radius 2 is 2.24 bits per heavy atom. The monoisotopic (exact) mass is 286 g/mol. The van der Waals surface area contributed by atoms with Gasteiger partial charge >= 0.3 is 12.0 Å². The van der Waals surface area contributed by atoms with Gasteiger partial charge in [0.25, 0.3) is 0 Å². The van der Waals surface area contributed by atoms with Crippen molar-refractivity contribution < 1.29 is 14.7 Å². The van der Waals surface area contributed by atoms with Crippen LogP contribution in [0.5, 0.6) is 0 Å². The molecular weight excluding hydrogens is 268 g/mol. The molecule has 0 spiro atoms. The minimum absolute atomic E-state index is 0.0748. The van der Waals surface area contributed by atoms with Gasteiger partial charge in [-0.1, -0.05) is 6.07 Å². The molecule has 110 valence electrons. The number of rotatable bonds is 3. The molecule has 5 nitrogen and oxygen atoms in total. The highest BCUT2D eigenvalue weighted by molar-refractivity contribution is 5.88. The number of nitrogens with one attached hydrogen (secondary N) is 1. The summed E-state index contributed by atoms with van der Waals surface area (Å²) in [6, 6.07) is 4.83. The number of terminal acetylenes is 1. The molecule has 0 bridgehead atoms. The standard InChI is InChI=1S/C16H18N2O3/c1-3-4-11(2)17-16(21)18-8-7-12-5-6-13(15(19)20)9-14(12)10-18/h1,5-6,9,11H,4,7-8,10H2,2H3,(H,17,21)(H,19,20). The molecule has 1 aliphatic heterocycles. The zero-order valence-electron chi connectivity index (χ0n) is 11.9. The van der Waals surface area contributed by atoms with E-state index < -0.39 is 5.97 Å². The first-order valence-electron chi connectivity index (χ1n) is 6.85. The molecule has 0 aliphatic carbocycles. The zero-order chi connectivity index (χ0) is 15.4. The summed E-state index contributed by atoms with van der Waals surface area (Å²) in [7, 11) is 0. The second-order valence-corrected chi connectivity index (χ2v) is 5.22. The van der Waals surface area contributed by atoms with Crippen molar-refractivity contribution in [3.63, 3.8) is 0 Å². The molecule has 0 aromatic heterocycles. The predicted molar refractivity (Wildman–Crippen MR) is 79.0 cm³/mol. The number of hydrogen-bond donors (Lipinski definition) is 2. The lowest BCUT2D eigenvalue weighted by Gasteiger charge is -2.30. The molecule has 2 N–H and O–H groups in total. The average molecular weight is 286 g/mol. The number of nitrogens with zero attached hydrogens (tertiary/aromatic N) is 1. The van der Waals surface area contributed by atoms with Gasteiger partial charge in [-0.3, -0.25) is 0 Å². The minimum Gasteiger partial charge on any atom is -0.478 e. The van der Waals surface area contributed by atoms with Crippen LogP contribution in [0, 0.1) is 12.3 Å². The Balaban J connectivity index is 2.07. The van der Waals surface area contributed by atoms with Crippen molar-refractivity contribution in [1.82, 2.24) is 10.2 Å². The summed E-state index contributed by atoms with van der Waals surface area (Å²) in [6.45, 7) is 2.90. The van der Waals surface area contributed by atoms with Crippen LogP contribution in [0.4, 0.5) is 4.79 Å². The van der Waals surface area contributed by atoms with Crippen LogP contribution in [0.2, 0.25) is 0 Å². The number of fused-ring (bicyclic) bond motifs is 1. The SMILES string of the molecule is C#CCC(C)NC(=O)N1CCc2ccc(C(=O)O)cc2C1. The Morgan fingerprint density at radius 3 is 2.90 bits per heavy atom. The predicted octanol–water partition coefficient (Wildman–Crippen LogP) is 1.86. The molecule has 0 saturated heterocycles. The summed E-state index contributed by atoms with van der Waals surface area (Å²) < 4.78 is 0. The molecule has 1 aromatic carbocycles. The third kappa shape index (κ3) is 3.54. The van der Waals surface area contributed by atoms with E-state index in [-0.39, 0.29) is 17.6 Å². The van der Waals surface area contributed by atoms with Crippen LogP contribution in [0.25, 0.3) is 0 Å². The summed E-state index contributed by atoms with van der Waals surface area (Å²) in [6.07, 6.45) is 6.44. The van der Waals surface area contributed by atoms with Crippen LogP contribution >= 0.6 is 0 Å². The molecule has 2 rings (SSSR count). The smallest absolute Gasteiger partial charge is 0.335 e. The van der Waals surface area contributed by atoms with E-state index in [1.807, 2.05) is 13.0 Å². The number of carboxylic acids is 1. The Labute approximate surface area is 124 Å². The molecule has 21 heavy (non-hydrogen) atoms. The summed E-state index contributed by atoms with van der Waals surface area (Å²) in [5.41, 5.74) is 2.23. The van der Waals surface area contributed by atoms with Gasteiger partial charge in [0.2, 0.25) is 0 Å². The van der Waals surface area contributed by atoms with Gasteiger partial charge in [-0.25, -0.2) is 9.59 Å². The fourth-order valence-corrected chi connectivity index (χ4v) is 2.39. The van der Waals surface area contributed by atoms with Gasteiger partial charge < -0.3 is 15.3 Å². The van der Waals surface area contributed by atoms with E-state index in [0.29, 0.717) is 19.5 Å². The fraction of sp³-hybridized carbons (Fsp3) is 0.375. The number of carbonyl (C=O) groups excluding carboxylic acids is 1. The lowest BCUT2D eigenvalue weighted by Crippen LogP contribution is -2.45. The van der Waals surface area contributed by atoms with E-state index in [1.54, 1.807) is 17.0 Å². The number of amides is 2. The second kappa shape index (κ2) is 6.31. The second-order valence-electron chi connectivity index (χ2n) is 5.22. The Kier molecular flexibility index (Phi) is 4.49. The molecular formula is C16H18N2O3. The van der Waals surface area contributed by atoms with Crippen LogP contribution < -0.4 is 5.32 Å². The highest BCUT2D eigenvalue weighted by atomic mass is 16.4. The van der Waals surface area contributed by atoms with Gasteiger partial charge in [0.15, 0.2) is 0 Å². The molecule has 1 aromatic rings. The van der Waals surface area contributed by atoms with Crippen molar-refractivity contribution >= 4 is 12.0 Å². The van der Waals surface area contributed by atoms with Gasteiger partial charge in [-0.05, 0) is 36.6 Å². The van der Waals surface area contributed by atoms with Crippen molar-refractivity contribution in [2.75, 3.05) is 6.54 Å². The Hall–Kier alpha value is -2.48. The summed E-state index contributed by atoms with van der Waals surface area (Å²) in [5, 5.41) is 11.9. The Morgan fingerprint density at radius 1 is 1.48 bits per heavy atom. The number of aromatic carboxylic acids is 1. The third-order valence-electron chi connectivity index (χ3n) is 3.55. The molecule has 1 unspecified atom stereocenters. The molecule has 2 amide bonds. The number of benzene rings is 1. The zero-order valence-corrected chi connectivity index (χ0v) is 11.9. The fourth-order valence-electron chi connectivity index (χ4n) is 2.39. The van der Waals surface area contributed by atoms with E-state index in [9.17, 15) is 9.59 Å². The van der Waals surface area contributed by atoms with E-state index in [2.05, 4.69) is 11.2 Å². The van der Waals surface area contributed by atoms with Crippen molar-refractivity contribution in [2.24, 2.45) is 0 Å². The van der Waals surface area contributed by atoms with Crippen LogP contribution in [-0.4, -0.2) is 34.6 Å². The first-order valence-corrected chi connectivity index (χ1v) is 6.85. The topological polar surface area (TPSA) is 69.6 Å². The van der Waals surface area contributed by atoms with Crippen molar-refractivity contribution in [1.29, 1.82) is 0 Å². The van der Waals surface area contributed by atoms with E-state index in [1.165, 1.54) is 0 Å². The van der Waals surface area contributed by atoms with E-state index in [4.69, 9.17) is 11.5 Å². The van der Waals surface area contributed by atoms with Crippen LogP contribution in [0.15, 0.2) is 18.2 Å². The van der Waals surface area contributed by atoms with Crippen molar-refractivity contribution in [3.05, 3.63) is 34.9 Å². The maximum Gasteiger partial charge on any atom is 0.335 e. The maximum absolute atomic E-state index is 12.1. The van der Waals surface area contributed by atoms with Crippen LogP contribution in [0.3, 0.4) is 0 Å². The largest absolute Gasteiger partial charge is 0.478 e. The Bertz CT molecular complexity index is 604. The average Bonchev–Trinajstić information content (AvgIpc) is 2.46. The number of carboxylic acid groups (broad SMARTS) is 1. The van der Waals surface area contributed by atoms with Gasteiger partial charge in [0, 0.05) is 25.6 Å². The highest BCUT2D eigenvalue weighted by Gasteiger charge is 2.22.